The molecule has 4 aromatic rings. The zero-order chi connectivity index (χ0) is 62.1. The molecule has 2 aliphatic heterocycles. The number of aliphatic imine (C=N–C) groups is 2. The molecule has 4 aromatic carbocycles. The Morgan fingerprint density at radius 3 is 1.20 bits per heavy atom. The Kier molecular flexibility index (Phi) is 24.0. The van der Waals surface area contributed by atoms with Crippen LogP contribution in [-0.4, -0.2) is 125 Å². The van der Waals surface area contributed by atoms with Gasteiger partial charge in [-0.1, -0.05) is 65.8 Å². The van der Waals surface area contributed by atoms with Gasteiger partial charge in [0.15, 0.2) is 0 Å². The summed E-state index contributed by atoms with van der Waals surface area (Å²) in [6, 6.07) is 24.5. The summed E-state index contributed by atoms with van der Waals surface area (Å²) in [5, 5.41) is 14.0. The minimum absolute atomic E-state index is 0. The molecule has 2 saturated carbocycles. The van der Waals surface area contributed by atoms with E-state index in [1.165, 1.54) is 55.6 Å². The maximum absolute atomic E-state index is 13.8. The smallest absolute Gasteiger partial charge is 0.870 e. The van der Waals surface area contributed by atoms with Crippen molar-refractivity contribution in [1.29, 1.82) is 0 Å². The molecule has 4 amide bonds. The predicted molar refractivity (Wildman–Crippen MR) is 307 cm³/mol. The fraction of sp³-hybridized carbons (Fsp3) is 0.492. The third-order valence-electron chi connectivity index (χ3n) is 16.4. The maximum Gasteiger partial charge on any atom is 1.00 e. The molecule has 8 rings (SSSR count). The summed E-state index contributed by atoms with van der Waals surface area (Å²) in [5.41, 5.74) is 2.87. The second kappa shape index (κ2) is 29.5. The monoisotopic (exact) mass is 1230 g/mol. The van der Waals surface area contributed by atoms with Crippen LogP contribution in [0.2, 0.25) is 0 Å². The Morgan fingerprint density at radius 1 is 0.563 bits per heavy atom. The molecular weight excluding hydrogens is 1150 g/mol. The van der Waals surface area contributed by atoms with Crippen molar-refractivity contribution >= 4 is 47.0 Å². The molecule has 87 heavy (non-hydrogen) atoms. The third-order valence-corrected chi connectivity index (χ3v) is 16.4. The van der Waals surface area contributed by atoms with E-state index in [0.717, 1.165) is 36.8 Å². The van der Waals surface area contributed by atoms with Crippen LogP contribution in [0.4, 0.5) is 26.3 Å². The SMILES string of the molecule is CC(C)(C)C1CCC2(CC1)N=C(c1ccc(OC(F)(F)F)cc1)C(=O)N2CCc1ccc(C(=O)NCCC(=O)O)cc1.COC(=O)CCNC(=O)c1ccc(CCN2C(=O)C(c3ccc(OC(F)(F)F)cc3)=NC23CCC(C(C)(C)C)CC3)cc1.[Na+].[OH-]. The summed E-state index contributed by atoms with van der Waals surface area (Å²) in [7, 11) is 1.29. The zero-order valence-corrected chi connectivity index (χ0v) is 52.3. The molecule has 24 heteroatoms. The quantitative estimate of drug-likeness (QED) is 0.0489. The van der Waals surface area contributed by atoms with Gasteiger partial charge >= 0.3 is 54.2 Å². The summed E-state index contributed by atoms with van der Waals surface area (Å²) < 4.78 is 88.3. The van der Waals surface area contributed by atoms with Crippen molar-refractivity contribution in [2.24, 2.45) is 32.7 Å². The predicted octanol–water partition coefficient (Wildman–Crippen LogP) is 8.11. The number of ether oxygens (including phenoxy) is 3. The molecule has 4 N–H and O–H groups in total. The molecule has 0 radical (unpaired) electrons. The minimum Gasteiger partial charge on any atom is -0.870 e. The molecule has 2 fully saturated rings. The number of benzene rings is 4. The molecule has 2 aliphatic carbocycles. The molecular formula is C63H75F6N6NaO11. The van der Waals surface area contributed by atoms with Crippen molar-refractivity contribution in [1.82, 2.24) is 20.4 Å². The van der Waals surface area contributed by atoms with Crippen LogP contribution in [0.25, 0.3) is 0 Å². The number of carboxylic acid groups (broad SMARTS) is 1. The number of hydrogen-bond acceptors (Lipinski definition) is 12. The van der Waals surface area contributed by atoms with Crippen LogP contribution in [0.15, 0.2) is 107 Å². The summed E-state index contributed by atoms with van der Waals surface area (Å²) in [5.74, 6) is -2.34. The molecule has 0 atom stereocenters. The van der Waals surface area contributed by atoms with Crippen LogP contribution in [-0.2, 0) is 36.8 Å². The molecule has 17 nitrogen and oxygen atoms in total. The topological polar surface area (TPSA) is 236 Å². The van der Waals surface area contributed by atoms with Gasteiger partial charge in [0.1, 0.15) is 34.2 Å². The van der Waals surface area contributed by atoms with Gasteiger partial charge in [0.25, 0.3) is 23.6 Å². The van der Waals surface area contributed by atoms with Gasteiger partial charge in [0.05, 0.1) is 20.0 Å². The van der Waals surface area contributed by atoms with E-state index >= 15 is 0 Å². The van der Waals surface area contributed by atoms with Crippen LogP contribution in [0.3, 0.4) is 0 Å². The number of esters is 1. The van der Waals surface area contributed by atoms with E-state index in [9.17, 15) is 55.1 Å². The standard InChI is InChI=1S/C32H38F3N3O5.C31H36F3N3O5.Na.H2O/c1-30(2,3)24-13-17-31(18-14-24)37-27(22-9-11-25(12-10-22)43-32(33,34)35)29(41)38(31)20-16-21-5-7-23(8-6-21)28(40)36-19-15-26(39)42-4;1-29(2,3)23-12-16-30(17-13-23)36-26(21-8-10-24(11-9-21)42-31(32,33)34)28(41)37(30)19-15-20-4-6-22(7-5-20)27(40)35-18-14-25(38)39;;/h5-12,24H,13-20H2,1-4H3,(H,36,40);4-11,23H,12-19H2,1-3H3,(H,35,40)(H,38,39);;1H2/q;;+1;/p-1. The normalized spacial score (nSPS) is 20.3. The van der Waals surface area contributed by atoms with Crippen LogP contribution in [0, 0.1) is 22.7 Å². The molecule has 2 heterocycles. The number of nitrogens with one attached hydrogen (secondary N) is 2. The first-order chi connectivity index (χ1) is 39.9. The van der Waals surface area contributed by atoms with E-state index in [0.29, 0.717) is 85.7 Å². The van der Waals surface area contributed by atoms with Gasteiger partial charge in [-0.2, -0.15) is 0 Å². The van der Waals surface area contributed by atoms with Crippen molar-refractivity contribution in [3.63, 3.8) is 0 Å². The van der Waals surface area contributed by atoms with Gasteiger partial charge in [-0.3, -0.25) is 38.8 Å². The van der Waals surface area contributed by atoms with E-state index in [-0.39, 0.29) is 118 Å². The summed E-state index contributed by atoms with van der Waals surface area (Å²) in [6.45, 7) is 14.3. The number of amides is 4. The number of nitrogens with zero attached hydrogens (tertiary/aromatic N) is 4. The Bertz CT molecular complexity index is 3090. The molecule has 2 spiro atoms. The van der Waals surface area contributed by atoms with Crippen molar-refractivity contribution < 1.29 is 109 Å². The first kappa shape index (κ1) is 70.9. The summed E-state index contributed by atoms with van der Waals surface area (Å²) >= 11 is 0. The molecule has 0 unspecified atom stereocenters. The van der Waals surface area contributed by atoms with Gasteiger partial charge < -0.3 is 45.2 Å². The van der Waals surface area contributed by atoms with Crippen LogP contribution < -0.4 is 49.7 Å². The molecule has 0 aromatic heterocycles. The molecule has 466 valence electrons. The van der Waals surface area contributed by atoms with Crippen molar-refractivity contribution in [3.8, 4) is 11.5 Å². The summed E-state index contributed by atoms with van der Waals surface area (Å²) in [6.07, 6.45) is -2.28. The number of methoxy groups -OCH3 is 1. The Hall–Kier alpha value is -6.82. The maximum atomic E-state index is 13.8. The number of halogens is 6. The second-order valence-electron chi connectivity index (χ2n) is 24.1. The molecule has 0 saturated heterocycles. The van der Waals surface area contributed by atoms with Crippen molar-refractivity contribution in [2.75, 3.05) is 33.3 Å². The van der Waals surface area contributed by atoms with Crippen LogP contribution in [0.1, 0.15) is 149 Å². The van der Waals surface area contributed by atoms with Gasteiger partial charge in [-0.15, -0.1) is 26.3 Å². The Morgan fingerprint density at radius 2 is 0.897 bits per heavy atom. The minimum atomic E-state index is -4.81. The van der Waals surface area contributed by atoms with Gasteiger partial charge in [-0.05, 0) is 171 Å². The average Bonchev–Trinajstić information content (AvgIpc) is 2.03. The van der Waals surface area contributed by atoms with Crippen molar-refractivity contribution in [3.05, 3.63) is 130 Å². The number of carbonyl (C=O) groups excluding carboxylic acids is 5. The largest absolute Gasteiger partial charge is 1.00 e. The molecule has 0 bridgehead atoms. The van der Waals surface area contributed by atoms with Crippen LogP contribution in [0.5, 0.6) is 11.5 Å². The fourth-order valence-electron chi connectivity index (χ4n) is 11.5. The van der Waals surface area contributed by atoms with E-state index < -0.39 is 36.0 Å². The summed E-state index contributed by atoms with van der Waals surface area (Å²) in [4.78, 5) is 87.7. The van der Waals surface area contributed by atoms with Crippen LogP contribution >= 0.6 is 0 Å². The fourth-order valence-corrected chi connectivity index (χ4v) is 11.5. The number of aliphatic carboxylic acids is 1. The van der Waals surface area contributed by atoms with E-state index in [2.05, 4.69) is 66.4 Å². The number of alkyl halides is 6. The Labute approximate surface area is 524 Å². The van der Waals surface area contributed by atoms with Gasteiger partial charge in [-0.25, -0.2) is 0 Å². The number of hydrogen-bond donors (Lipinski definition) is 3. The van der Waals surface area contributed by atoms with Crippen molar-refractivity contribution in [2.45, 2.75) is 143 Å². The van der Waals surface area contributed by atoms with E-state index in [4.69, 9.17) is 15.1 Å². The zero-order valence-electron chi connectivity index (χ0n) is 50.3. The first-order valence-corrected chi connectivity index (χ1v) is 28.5. The average molecular weight is 1230 g/mol. The van der Waals surface area contributed by atoms with E-state index in [1.807, 2.05) is 17.0 Å². The Balaban J connectivity index is 0.000000310. The third kappa shape index (κ3) is 19.1. The number of carboxylic acids is 1. The number of rotatable bonds is 18. The molecule has 4 aliphatic rings. The second-order valence-corrected chi connectivity index (χ2v) is 24.1. The van der Waals surface area contributed by atoms with Gasteiger partial charge in [0, 0.05) is 48.4 Å². The van der Waals surface area contributed by atoms with Gasteiger partial charge in [0.2, 0.25) is 0 Å². The number of carbonyl (C=O) groups is 6. The first-order valence-electron chi connectivity index (χ1n) is 28.5. The van der Waals surface area contributed by atoms with E-state index in [1.54, 1.807) is 41.3 Å².